The van der Waals surface area contributed by atoms with Gasteiger partial charge in [-0.15, -0.1) is 0 Å². The summed E-state index contributed by atoms with van der Waals surface area (Å²) in [5.74, 6) is 0. The molecule has 120 valence electrons. The summed E-state index contributed by atoms with van der Waals surface area (Å²) in [4.78, 5) is 4.97. The van der Waals surface area contributed by atoms with E-state index >= 15 is 0 Å². The van der Waals surface area contributed by atoms with E-state index in [9.17, 15) is 0 Å². The first-order chi connectivity index (χ1) is 11.7. The van der Waals surface area contributed by atoms with Crippen LogP contribution in [0.5, 0.6) is 0 Å². The number of para-hydroxylation sites is 1. The van der Waals surface area contributed by atoms with Gasteiger partial charge in [-0.25, -0.2) is 0 Å². The van der Waals surface area contributed by atoms with E-state index in [2.05, 4.69) is 95.7 Å². The van der Waals surface area contributed by atoms with Crippen molar-refractivity contribution in [2.75, 3.05) is 0 Å². The second-order valence-electron chi connectivity index (χ2n) is 5.84. The highest BCUT2D eigenvalue weighted by molar-refractivity contribution is 9.10. The highest BCUT2D eigenvalue weighted by Crippen LogP contribution is 2.21. The van der Waals surface area contributed by atoms with Crippen LogP contribution in [0.2, 0.25) is 0 Å². The molecule has 3 aromatic carbocycles. The maximum absolute atomic E-state index is 4.97. The average Bonchev–Trinajstić information content (AvgIpc) is 2.62. The van der Waals surface area contributed by atoms with E-state index in [1.54, 1.807) is 0 Å². The molecule has 0 saturated heterocycles. The number of hydrogen-bond acceptors (Lipinski definition) is 1. The molecule has 1 nitrogen and oxygen atoms in total. The average molecular weight is 378 g/mol. The minimum atomic E-state index is 0.917. The van der Waals surface area contributed by atoms with Crippen LogP contribution < -0.4 is 0 Å². The summed E-state index contributed by atoms with van der Waals surface area (Å²) in [5, 5.41) is 0. The molecular formula is C22H20BrN. The molecule has 0 heterocycles. The molecule has 0 saturated carbocycles. The molecule has 0 bridgehead atoms. The summed E-state index contributed by atoms with van der Waals surface area (Å²) < 4.78 is 1.09. The number of aryl methyl sites for hydroxylation is 2. The summed E-state index contributed by atoms with van der Waals surface area (Å²) in [6.07, 6.45) is 1.90. The Hall–Kier alpha value is -2.19. The molecule has 2 heteroatoms. The zero-order chi connectivity index (χ0) is 16.8. The van der Waals surface area contributed by atoms with Gasteiger partial charge in [-0.3, -0.25) is 4.99 Å². The molecule has 0 spiro atoms. The van der Waals surface area contributed by atoms with Crippen LogP contribution in [0.3, 0.4) is 0 Å². The summed E-state index contributed by atoms with van der Waals surface area (Å²) in [6, 6.07) is 27.3. The lowest BCUT2D eigenvalue weighted by molar-refractivity contribution is 1.04. The molecule has 0 fully saturated rings. The maximum atomic E-state index is 4.97. The predicted molar refractivity (Wildman–Crippen MR) is 106 cm³/mol. The first kappa shape index (κ1) is 16.7. The van der Waals surface area contributed by atoms with E-state index in [-0.39, 0.29) is 0 Å². The van der Waals surface area contributed by atoms with Crippen LogP contribution >= 0.6 is 15.9 Å². The molecule has 0 aliphatic carbocycles. The van der Waals surface area contributed by atoms with E-state index in [1.807, 2.05) is 6.07 Å². The second kappa shape index (κ2) is 8.07. The maximum Gasteiger partial charge on any atom is 0.0662 e. The van der Waals surface area contributed by atoms with Crippen molar-refractivity contribution in [3.8, 4) is 0 Å². The number of hydrogen-bond donors (Lipinski definition) is 0. The van der Waals surface area contributed by atoms with Crippen LogP contribution in [0.1, 0.15) is 23.1 Å². The summed E-state index contributed by atoms with van der Waals surface area (Å²) in [5.41, 5.74) is 5.89. The summed E-state index contributed by atoms with van der Waals surface area (Å²) in [6.45, 7) is 2.11. The lowest BCUT2D eigenvalue weighted by Crippen LogP contribution is -2.03. The molecule has 0 radical (unpaired) electrons. The molecule has 0 N–H and O–H groups in total. The third-order valence-corrected chi connectivity index (χ3v) is 4.57. The van der Waals surface area contributed by atoms with Crippen molar-refractivity contribution in [3.05, 3.63) is 100 Å². The Morgan fingerprint density at radius 3 is 2.21 bits per heavy atom. The van der Waals surface area contributed by atoms with Gasteiger partial charge >= 0.3 is 0 Å². The SMILES string of the molecule is Cc1ccccc1/N=C(\CCc1ccccc1)c1ccc(Br)cc1. The van der Waals surface area contributed by atoms with E-state index < -0.39 is 0 Å². The first-order valence-corrected chi connectivity index (χ1v) is 8.95. The van der Waals surface area contributed by atoms with Gasteiger partial charge in [0, 0.05) is 10.2 Å². The molecule has 24 heavy (non-hydrogen) atoms. The third-order valence-electron chi connectivity index (χ3n) is 4.04. The Bertz CT molecular complexity index is 820. The minimum absolute atomic E-state index is 0.917. The van der Waals surface area contributed by atoms with Crippen LogP contribution in [0.15, 0.2) is 88.3 Å². The first-order valence-electron chi connectivity index (χ1n) is 8.15. The molecule has 0 unspecified atom stereocenters. The normalized spacial score (nSPS) is 11.5. The van der Waals surface area contributed by atoms with E-state index in [1.165, 1.54) is 16.7 Å². The molecule has 0 aromatic heterocycles. The van der Waals surface area contributed by atoms with Gasteiger partial charge in [0.05, 0.1) is 5.69 Å². The Morgan fingerprint density at radius 2 is 1.50 bits per heavy atom. The van der Waals surface area contributed by atoms with E-state index in [0.29, 0.717) is 0 Å². The minimum Gasteiger partial charge on any atom is -0.253 e. The fraction of sp³-hybridized carbons (Fsp3) is 0.136. The van der Waals surface area contributed by atoms with Crippen molar-refractivity contribution in [3.63, 3.8) is 0 Å². The zero-order valence-corrected chi connectivity index (χ0v) is 15.3. The zero-order valence-electron chi connectivity index (χ0n) is 13.7. The standard InChI is InChI=1S/C22H20BrN/c1-17-7-5-6-10-21(17)24-22(19-12-14-20(23)15-13-19)16-11-18-8-3-2-4-9-18/h2-10,12-15H,11,16H2,1H3/b24-22+. The van der Waals surface area contributed by atoms with Gasteiger partial charge < -0.3 is 0 Å². The molecule has 3 aromatic rings. The van der Waals surface area contributed by atoms with Gasteiger partial charge in [0.25, 0.3) is 0 Å². The van der Waals surface area contributed by atoms with Crippen molar-refractivity contribution >= 4 is 27.3 Å². The monoisotopic (exact) mass is 377 g/mol. The topological polar surface area (TPSA) is 12.4 Å². The van der Waals surface area contributed by atoms with Crippen LogP contribution in [0.25, 0.3) is 0 Å². The van der Waals surface area contributed by atoms with Crippen molar-refractivity contribution in [2.24, 2.45) is 4.99 Å². The lowest BCUT2D eigenvalue weighted by Gasteiger charge is -2.09. The van der Waals surface area contributed by atoms with E-state index in [0.717, 1.165) is 28.7 Å². The summed E-state index contributed by atoms with van der Waals surface area (Å²) in [7, 11) is 0. The van der Waals surface area contributed by atoms with Gasteiger partial charge in [0.15, 0.2) is 0 Å². The van der Waals surface area contributed by atoms with Crippen molar-refractivity contribution in [2.45, 2.75) is 19.8 Å². The largest absolute Gasteiger partial charge is 0.253 e. The molecule has 0 aliphatic rings. The molecular weight excluding hydrogens is 358 g/mol. The second-order valence-corrected chi connectivity index (χ2v) is 6.75. The highest BCUT2D eigenvalue weighted by atomic mass is 79.9. The molecule has 0 amide bonds. The van der Waals surface area contributed by atoms with Gasteiger partial charge in [0.1, 0.15) is 0 Å². The molecule has 0 atom stereocenters. The van der Waals surface area contributed by atoms with Gasteiger partial charge in [-0.05, 0) is 54.7 Å². The van der Waals surface area contributed by atoms with Crippen molar-refractivity contribution in [1.29, 1.82) is 0 Å². The van der Waals surface area contributed by atoms with Gasteiger partial charge in [-0.1, -0.05) is 76.6 Å². The predicted octanol–water partition coefficient (Wildman–Crippen LogP) is 6.51. The quantitative estimate of drug-likeness (QED) is 0.449. The lowest BCUT2D eigenvalue weighted by atomic mass is 10.0. The van der Waals surface area contributed by atoms with Crippen molar-refractivity contribution < 1.29 is 0 Å². The fourth-order valence-electron chi connectivity index (χ4n) is 2.65. The van der Waals surface area contributed by atoms with Crippen LogP contribution in [-0.4, -0.2) is 5.71 Å². The van der Waals surface area contributed by atoms with Crippen LogP contribution in [0, 0.1) is 6.92 Å². The smallest absolute Gasteiger partial charge is 0.0662 e. The van der Waals surface area contributed by atoms with E-state index in [4.69, 9.17) is 4.99 Å². The Morgan fingerprint density at radius 1 is 0.833 bits per heavy atom. The molecule has 0 aliphatic heterocycles. The van der Waals surface area contributed by atoms with Crippen LogP contribution in [0.4, 0.5) is 5.69 Å². The number of benzene rings is 3. The fourth-order valence-corrected chi connectivity index (χ4v) is 2.91. The number of aliphatic imine (C=N–C) groups is 1. The van der Waals surface area contributed by atoms with Gasteiger partial charge in [-0.2, -0.15) is 0 Å². The van der Waals surface area contributed by atoms with Gasteiger partial charge in [0.2, 0.25) is 0 Å². The number of nitrogens with zero attached hydrogens (tertiary/aromatic N) is 1. The number of halogens is 1. The third kappa shape index (κ3) is 4.42. The summed E-state index contributed by atoms with van der Waals surface area (Å²) >= 11 is 3.51. The van der Waals surface area contributed by atoms with Crippen molar-refractivity contribution in [1.82, 2.24) is 0 Å². The molecule has 3 rings (SSSR count). The number of rotatable bonds is 5. The Balaban J connectivity index is 1.91. The highest BCUT2D eigenvalue weighted by Gasteiger charge is 2.06. The Kier molecular flexibility index (Phi) is 5.60. The van der Waals surface area contributed by atoms with Crippen LogP contribution in [-0.2, 0) is 6.42 Å². The Labute approximate surface area is 152 Å².